The van der Waals surface area contributed by atoms with Crippen LogP contribution < -0.4 is 5.32 Å². The van der Waals surface area contributed by atoms with Crippen LogP contribution in [0.15, 0.2) is 30.3 Å². The maximum atomic E-state index is 9.99. The normalized spacial score (nSPS) is 24.2. The summed E-state index contributed by atoms with van der Waals surface area (Å²) in [6, 6.07) is 11.1. The molecule has 4 heteroatoms. The Morgan fingerprint density at radius 3 is 2.60 bits per heavy atom. The average Bonchev–Trinajstić information content (AvgIpc) is 2.53. The van der Waals surface area contributed by atoms with E-state index in [2.05, 4.69) is 48.3 Å². The molecule has 3 nitrogen and oxygen atoms in total. The molecule has 0 aliphatic carbocycles. The highest BCUT2D eigenvalue weighted by molar-refractivity contribution is 5.85. The molecule has 1 aliphatic heterocycles. The van der Waals surface area contributed by atoms with Crippen molar-refractivity contribution >= 4 is 12.4 Å². The van der Waals surface area contributed by atoms with Crippen molar-refractivity contribution in [1.82, 2.24) is 10.2 Å². The van der Waals surface area contributed by atoms with E-state index in [4.69, 9.17) is 0 Å². The first-order chi connectivity index (χ1) is 9.15. The van der Waals surface area contributed by atoms with E-state index >= 15 is 0 Å². The number of hydrogen-bond donors (Lipinski definition) is 2. The van der Waals surface area contributed by atoms with Crippen LogP contribution in [-0.2, 0) is 6.54 Å². The second kappa shape index (κ2) is 8.63. The van der Waals surface area contributed by atoms with E-state index in [1.807, 2.05) is 6.07 Å². The van der Waals surface area contributed by atoms with E-state index in [0.717, 1.165) is 19.6 Å². The first-order valence-corrected chi connectivity index (χ1v) is 7.32. The van der Waals surface area contributed by atoms with Crippen LogP contribution in [0.3, 0.4) is 0 Å². The van der Waals surface area contributed by atoms with E-state index in [1.54, 1.807) is 0 Å². The Morgan fingerprint density at radius 1 is 1.25 bits per heavy atom. The van der Waals surface area contributed by atoms with Gasteiger partial charge in [0, 0.05) is 32.2 Å². The lowest BCUT2D eigenvalue weighted by molar-refractivity contribution is 0.0981. The van der Waals surface area contributed by atoms with Gasteiger partial charge < -0.3 is 10.4 Å². The van der Waals surface area contributed by atoms with Crippen molar-refractivity contribution in [3.63, 3.8) is 0 Å². The molecule has 0 saturated carbocycles. The maximum Gasteiger partial charge on any atom is 0.0791 e. The molecule has 0 amide bonds. The minimum absolute atomic E-state index is 0. The van der Waals surface area contributed by atoms with Gasteiger partial charge in [0.05, 0.1) is 6.10 Å². The summed E-state index contributed by atoms with van der Waals surface area (Å²) in [4.78, 5) is 2.43. The summed E-state index contributed by atoms with van der Waals surface area (Å²) >= 11 is 0. The Bertz CT molecular complexity index is 372. The van der Waals surface area contributed by atoms with E-state index in [-0.39, 0.29) is 18.5 Å². The van der Waals surface area contributed by atoms with Gasteiger partial charge in [-0.05, 0) is 17.9 Å². The first kappa shape index (κ1) is 17.4. The standard InChI is InChI=1S/C16H26N2O.ClH/c1-13(2)8-15-9-17-10-16(19)12-18(15)11-14-6-4-3-5-7-14;/h3-7,13,15-17,19H,8-12H2,1-2H3;1H/t15-,16?;/m0./s1. The fourth-order valence-corrected chi connectivity index (χ4v) is 2.82. The van der Waals surface area contributed by atoms with Gasteiger partial charge in [-0.25, -0.2) is 0 Å². The van der Waals surface area contributed by atoms with Gasteiger partial charge in [-0.15, -0.1) is 12.4 Å². The minimum Gasteiger partial charge on any atom is -0.390 e. The minimum atomic E-state index is -0.263. The molecule has 2 N–H and O–H groups in total. The molecule has 1 fully saturated rings. The zero-order valence-corrected chi connectivity index (χ0v) is 13.3. The molecule has 2 rings (SSSR count). The SMILES string of the molecule is CC(C)C[C@H]1CNCC(O)CN1Cc1ccccc1.Cl. The Kier molecular flexibility index (Phi) is 7.52. The van der Waals surface area contributed by atoms with Crippen LogP contribution in [-0.4, -0.2) is 41.8 Å². The lowest BCUT2D eigenvalue weighted by Crippen LogP contribution is -2.41. The maximum absolute atomic E-state index is 9.99. The summed E-state index contributed by atoms with van der Waals surface area (Å²) in [6.07, 6.45) is 0.910. The highest BCUT2D eigenvalue weighted by atomic mass is 35.5. The monoisotopic (exact) mass is 298 g/mol. The molecule has 0 aromatic heterocycles. The van der Waals surface area contributed by atoms with Crippen LogP contribution in [0, 0.1) is 5.92 Å². The van der Waals surface area contributed by atoms with E-state index in [9.17, 15) is 5.11 Å². The second-order valence-electron chi connectivity index (χ2n) is 6.01. The lowest BCUT2D eigenvalue weighted by atomic mass is 10.0. The molecular weight excluding hydrogens is 272 g/mol. The summed E-state index contributed by atoms with van der Waals surface area (Å²) in [6.45, 7) is 7.91. The largest absolute Gasteiger partial charge is 0.390 e. The smallest absolute Gasteiger partial charge is 0.0791 e. The second-order valence-corrected chi connectivity index (χ2v) is 6.01. The van der Waals surface area contributed by atoms with Gasteiger partial charge in [-0.2, -0.15) is 0 Å². The molecule has 0 bridgehead atoms. The third-order valence-corrected chi connectivity index (χ3v) is 3.69. The summed E-state index contributed by atoms with van der Waals surface area (Å²) in [7, 11) is 0. The quantitative estimate of drug-likeness (QED) is 0.895. The number of halogens is 1. The van der Waals surface area contributed by atoms with Crippen LogP contribution in [0.2, 0.25) is 0 Å². The average molecular weight is 299 g/mol. The van der Waals surface area contributed by atoms with Gasteiger partial charge in [0.2, 0.25) is 0 Å². The van der Waals surface area contributed by atoms with Gasteiger partial charge in [-0.3, -0.25) is 4.90 Å². The zero-order valence-electron chi connectivity index (χ0n) is 12.5. The molecule has 20 heavy (non-hydrogen) atoms. The summed E-state index contributed by atoms with van der Waals surface area (Å²) in [5.74, 6) is 0.681. The van der Waals surface area contributed by atoms with Crippen molar-refractivity contribution in [3.05, 3.63) is 35.9 Å². The fourth-order valence-electron chi connectivity index (χ4n) is 2.82. The fraction of sp³-hybridized carbons (Fsp3) is 0.625. The van der Waals surface area contributed by atoms with Crippen molar-refractivity contribution in [2.45, 2.75) is 39.0 Å². The molecule has 0 radical (unpaired) electrons. The Labute approximate surface area is 128 Å². The predicted molar refractivity (Wildman–Crippen MR) is 86.2 cm³/mol. The molecule has 1 saturated heterocycles. The number of β-amino-alcohol motifs (C(OH)–C–C–N with tert-alkyl or cyclic N) is 1. The Morgan fingerprint density at radius 2 is 1.95 bits per heavy atom. The van der Waals surface area contributed by atoms with Crippen molar-refractivity contribution in [3.8, 4) is 0 Å². The summed E-state index contributed by atoms with van der Waals surface area (Å²) in [5.41, 5.74) is 1.32. The number of hydrogen-bond acceptors (Lipinski definition) is 3. The number of nitrogens with one attached hydrogen (secondary N) is 1. The van der Waals surface area contributed by atoms with Crippen LogP contribution >= 0.6 is 12.4 Å². The Hall–Kier alpha value is -0.610. The molecule has 1 heterocycles. The number of aliphatic hydroxyl groups is 1. The van der Waals surface area contributed by atoms with Crippen LogP contribution in [0.4, 0.5) is 0 Å². The number of rotatable bonds is 4. The summed E-state index contributed by atoms with van der Waals surface area (Å²) < 4.78 is 0. The number of benzene rings is 1. The third-order valence-electron chi connectivity index (χ3n) is 3.69. The predicted octanol–water partition coefficient (Wildman–Crippen LogP) is 2.29. The van der Waals surface area contributed by atoms with Crippen LogP contribution in [0.25, 0.3) is 0 Å². The van der Waals surface area contributed by atoms with E-state index in [1.165, 1.54) is 12.0 Å². The summed E-state index contributed by atoms with van der Waals surface area (Å²) in [5, 5.41) is 13.4. The van der Waals surface area contributed by atoms with Gasteiger partial charge >= 0.3 is 0 Å². The van der Waals surface area contributed by atoms with Gasteiger partial charge in [0.15, 0.2) is 0 Å². The molecule has 1 unspecified atom stereocenters. The van der Waals surface area contributed by atoms with Crippen molar-refractivity contribution in [1.29, 1.82) is 0 Å². The van der Waals surface area contributed by atoms with Crippen molar-refractivity contribution in [2.24, 2.45) is 5.92 Å². The molecule has 114 valence electrons. The van der Waals surface area contributed by atoms with Gasteiger partial charge in [-0.1, -0.05) is 44.2 Å². The molecule has 1 aromatic rings. The zero-order chi connectivity index (χ0) is 13.7. The number of aliphatic hydroxyl groups excluding tert-OH is 1. The first-order valence-electron chi connectivity index (χ1n) is 7.32. The topological polar surface area (TPSA) is 35.5 Å². The van der Waals surface area contributed by atoms with E-state index < -0.39 is 0 Å². The molecule has 0 spiro atoms. The van der Waals surface area contributed by atoms with Crippen LogP contribution in [0.5, 0.6) is 0 Å². The molecule has 2 atom stereocenters. The van der Waals surface area contributed by atoms with Crippen LogP contribution in [0.1, 0.15) is 25.8 Å². The lowest BCUT2D eigenvalue weighted by Gasteiger charge is -2.31. The van der Waals surface area contributed by atoms with Crippen molar-refractivity contribution in [2.75, 3.05) is 19.6 Å². The van der Waals surface area contributed by atoms with Crippen molar-refractivity contribution < 1.29 is 5.11 Å². The highest BCUT2D eigenvalue weighted by Gasteiger charge is 2.25. The van der Waals surface area contributed by atoms with Gasteiger partial charge in [0.1, 0.15) is 0 Å². The highest BCUT2D eigenvalue weighted by Crippen LogP contribution is 2.17. The van der Waals surface area contributed by atoms with Gasteiger partial charge in [0.25, 0.3) is 0 Å². The van der Waals surface area contributed by atoms with E-state index in [0.29, 0.717) is 18.5 Å². The molecule has 1 aromatic carbocycles. The Balaban J connectivity index is 0.00000200. The molecule has 1 aliphatic rings. The number of nitrogens with zero attached hydrogens (tertiary/aromatic N) is 1. The molecular formula is C16H27ClN2O. The third kappa shape index (κ3) is 5.41.